The van der Waals surface area contributed by atoms with Crippen molar-refractivity contribution in [2.45, 2.75) is 52.7 Å². The van der Waals surface area contributed by atoms with E-state index in [1.165, 1.54) is 6.20 Å². The number of amides is 3. The highest BCUT2D eigenvalue weighted by Gasteiger charge is 2.26. The summed E-state index contributed by atoms with van der Waals surface area (Å²) in [5.41, 5.74) is 1.66. The molecule has 3 heterocycles. The van der Waals surface area contributed by atoms with Crippen LogP contribution in [0.5, 0.6) is 0 Å². The van der Waals surface area contributed by atoms with Crippen LogP contribution in [0.15, 0.2) is 61.1 Å². The summed E-state index contributed by atoms with van der Waals surface area (Å²) >= 11 is 0. The first kappa shape index (κ1) is 30.3. The third kappa shape index (κ3) is 8.42. The number of hydrogen-bond donors (Lipinski definition) is 2. The van der Waals surface area contributed by atoms with Crippen LogP contribution >= 0.6 is 0 Å². The van der Waals surface area contributed by atoms with Crippen LogP contribution in [-0.2, 0) is 9.47 Å². The molecule has 42 heavy (non-hydrogen) atoms. The molecule has 222 valence electrons. The van der Waals surface area contributed by atoms with E-state index in [9.17, 15) is 14.4 Å². The summed E-state index contributed by atoms with van der Waals surface area (Å²) < 4.78 is 10.9. The van der Waals surface area contributed by atoms with E-state index < -0.39 is 17.3 Å². The van der Waals surface area contributed by atoms with E-state index in [-0.39, 0.29) is 12.0 Å². The number of carbonyl (C=O) groups excluding carboxylic acids is 3. The van der Waals surface area contributed by atoms with Gasteiger partial charge in [-0.2, -0.15) is 0 Å². The van der Waals surface area contributed by atoms with Gasteiger partial charge in [-0.15, -0.1) is 0 Å². The van der Waals surface area contributed by atoms with Crippen molar-refractivity contribution in [1.82, 2.24) is 14.9 Å². The van der Waals surface area contributed by atoms with Gasteiger partial charge in [0.1, 0.15) is 17.0 Å². The number of rotatable bonds is 5. The molecule has 1 aliphatic rings. The molecule has 0 saturated carbocycles. The lowest BCUT2D eigenvalue weighted by atomic mass is 10.1. The molecule has 0 aliphatic carbocycles. The summed E-state index contributed by atoms with van der Waals surface area (Å²) in [5.74, 6) is 0.324. The molecule has 2 aromatic heterocycles. The van der Waals surface area contributed by atoms with Crippen LogP contribution in [0.1, 0.15) is 51.9 Å². The third-order valence-corrected chi connectivity index (χ3v) is 6.18. The van der Waals surface area contributed by atoms with Crippen molar-refractivity contribution in [2.24, 2.45) is 0 Å². The molecule has 1 aliphatic heterocycles. The summed E-state index contributed by atoms with van der Waals surface area (Å²) in [4.78, 5) is 50.4. The lowest BCUT2D eigenvalue weighted by Crippen LogP contribution is -2.50. The van der Waals surface area contributed by atoms with Crippen molar-refractivity contribution in [1.29, 1.82) is 0 Å². The Hall–Kier alpha value is -4.67. The Bertz CT molecular complexity index is 1410. The topological polar surface area (TPSA) is 126 Å². The van der Waals surface area contributed by atoms with Crippen molar-refractivity contribution in [2.75, 3.05) is 41.7 Å². The van der Waals surface area contributed by atoms with Gasteiger partial charge >= 0.3 is 12.2 Å². The molecule has 11 heteroatoms. The van der Waals surface area contributed by atoms with Gasteiger partial charge < -0.3 is 24.6 Å². The molecule has 3 aromatic rings. The number of piperazine rings is 1. The number of benzene rings is 1. The molecule has 0 spiro atoms. The molecule has 0 radical (unpaired) electrons. The summed E-state index contributed by atoms with van der Waals surface area (Å²) in [5, 5.41) is 5.64. The van der Waals surface area contributed by atoms with E-state index in [2.05, 4.69) is 25.5 Å². The highest BCUT2D eigenvalue weighted by Crippen LogP contribution is 2.30. The quantitative estimate of drug-likeness (QED) is 0.392. The van der Waals surface area contributed by atoms with Crippen LogP contribution in [0.3, 0.4) is 0 Å². The van der Waals surface area contributed by atoms with E-state index in [1.54, 1.807) is 62.3 Å². The average Bonchev–Trinajstić information content (AvgIpc) is 2.92. The minimum Gasteiger partial charge on any atom is -0.444 e. The summed E-state index contributed by atoms with van der Waals surface area (Å²) in [7, 11) is 0. The van der Waals surface area contributed by atoms with Crippen LogP contribution in [0.25, 0.3) is 11.1 Å². The average molecular weight is 575 g/mol. The number of ether oxygens (including phenoxy) is 2. The van der Waals surface area contributed by atoms with Crippen LogP contribution in [0.2, 0.25) is 0 Å². The fourth-order valence-corrected chi connectivity index (χ4v) is 4.24. The number of pyridine rings is 2. The normalized spacial score (nSPS) is 13.8. The first-order chi connectivity index (χ1) is 19.8. The molecule has 1 fully saturated rings. The van der Waals surface area contributed by atoms with Crippen LogP contribution in [0, 0.1) is 0 Å². The summed E-state index contributed by atoms with van der Waals surface area (Å²) in [6, 6.07) is 12.5. The van der Waals surface area contributed by atoms with Gasteiger partial charge in [-0.1, -0.05) is 6.07 Å². The minimum absolute atomic E-state index is 0.323. The molecule has 2 N–H and O–H groups in total. The third-order valence-electron chi connectivity index (χ3n) is 6.18. The second kappa shape index (κ2) is 12.5. The highest BCUT2D eigenvalue weighted by molar-refractivity contribution is 6.07. The zero-order chi connectivity index (χ0) is 30.5. The van der Waals surface area contributed by atoms with Gasteiger partial charge in [0.05, 0.1) is 16.9 Å². The summed E-state index contributed by atoms with van der Waals surface area (Å²) in [6.45, 7) is 13.1. The first-order valence-corrected chi connectivity index (χ1v) is 13.8. The molecule has 3 amide bonds. The fourth-order valence-electron chi connectivity index (χ4n) is 4.24. The number of aromatic nitrogens is 2. The Morgan fingerprint density at radius 2 is 1.43 bits per heavy atom. The maximum atomic E-state index is 13.3. The molecule has 1 aromatic carbocycles. The summed E-state index contributed by atoms with van der Waals surface area (Å²) in [6.07, 6.45) is 3.93. The predicted octanol–water partition coefficient (Wildman–Crippen LogP) is 5.80. The van der Waals surface area contributed by atoms with Gasteiger partial charge in [0.2, 0.25) is 0 Å². The Morgan fingerprint density at radius 1 is 0.762 bits per heavy atom. The van der Waals surface area contributed by atoms with Gasteiger partial charge in [0.15, 0.2) is 0 Å². The monoisotopic (exact) mass is 574 g/mol. The van der Waals surface area contributed by atoms with E-state index in [4.69, 9.17) is 9.47 Å². The van der Waals surface area contributed by atoms with Gasteiger partial charge in [0.25, 0.3) is 5.91 Å². The number of nitrogens with one attached hydrogen (secondary N) is 2. The van der Waals surface area contributed by atoms with Gasteiger partial charge in [-0.05, 0) is 89.1 Å². The number of carbonyl (C=O) groups is 3. The van der Waals surface area contributed by atoms with Crippen LogP contribution < -0.4 is 15.5 Å². The molecule has 4 rings (SSSR count). The fraction of sp³-hybridized carbons (Fsp3) is 0.387. The van der Waals surface area contributed by atoms with Gasteiger partial charge in [0, 0.05) is 44.8 Å². The minimum atomic E-state index is -0.680. The van der Waals surface area contributed by atoms with Gasteiger partial charge in [-0.25, -0.2) is 14.6 Å². The standard InChI is InChI=1S/C31H38N6O5/c1-30(2,3)41-28(39)35-24-9-7-22(21-11-13-32-14-12-21)19-25(24)34-27(38)23-8-10-26(33-20-23)36-15-17-37(18-16-36)29(40)42-31(4,5)6/h7-14,19-20H,15-18H2,1-6H3,(H,34,38)(H,35,39). The van der Waals surface area contributed by atoms with Crippen molar-refractivity contribution in [3.05, 3.63) is 66.6 Å². The van der Waals surface area contributed by atoms with E-state index >= 15 is 0 Å². The smallest absolute Gasteiger partial charge is 0.412 e. The van der Waals surface area contributed by atoms with Crippen LogP contribution in [-0.4, -0.2) is 70.3 Å². The highest BCUT2D eigenvalue weighted by atomic mass is 16.6. The van der Waals surface area contributed by atoms with E-state index in [0.717, 1.165) is 11.1 Å². The molecular weight excluding hydrogens is 536 g/mol. The largest absolute Gasteiger partial charge is 0.444 e. The zero-order valence-corrected chi connectivity index (χ0v) is 24.9. The molecule has 1 saturated heterocycles. The van der Waals surface area contributed by atoms with Crippen molar-refractivity contribution in [3.63, 3.8) is 0 Å². The van der Waals surface area contributed by atoms with Crippen molar-refractivity contribution < 1.29 is 23.9 Å². The lowest BCUT2D eigenvalue weighted by molar-refractivity contribution is 0.0240. The number of nitrogens with zero attached hydrogens (tertiary/aromatic N) is 4. The van der Waals surface area contributed by atoms with E-state index in [0.29, 0.717) is 48.9 Å². The first-order valence-electron chi connectivity index (χ1n) is 13.8. The zero-order valence-electron chi connectivity index (χ0n) is 24.9. The second-order valence-electron chi connectivity index (χ2n) is 11.9. The Morgan fingerprint density at radius 3 is 2.02 bits per heavy atom. The maximum absolute atomic E-state index is 13.3. The predicted molar refractivity (Wildman–Crippen MR) is 162 cm³/mol. The molecule has 11 nitrogen and oxygen atoms in total. The maximum Gasteiger partial charge on any atom is 0.412 e. The molecule has 0 atom stereocenters. The van der Waals surface area contributed by atoms with Crippen LogP contribution in [0.4, 0.5) is 26.8 Å². The second-order valence-corrected chi connectivity index (χ2v) is 11.9. The number of anilines is 3. The van der Waals surface area contributed by atoms with Crippen molar-refractivity contribution >= 4 is 35.3 Å². The SMILES string of the molecule is CC(C)(C)OC(=O)Nc1ccc(-c2ccncc2)cc1NC(=O)c1ccc(N2CCN(C(=O)OC(C)(C)C)CC2)nc1. The lowest BCUT2D eigenvalue weighted by Gasteiger charge is -2.36. The molecule has 0 unspecified atom stereocenters. The number of hydrogen-bond acceptors (Lipinski definition) is 8. The van der Waals surface area contributed by atoms with Gasteiger partial charge in [-0.3, -0.25) is 15.1 Å². The van der Waals surface area contributed by atoms with Crippen molar-refractivity contribution in [3.8, 4) is 11.1 Å². The molecular formula is C31H38N6O5. The molecule has 0 bridgehead atoms. The Kier molecular flexibility index (Phi) is 8.99. The Balaban J connectivity index is 1.46. The Labute approximate surface area is 246 Å². The van der Waals surface area contributed by atoms with E-state index in [1.807, 2.05) is 39.0 Å².